The zero-order valence-electron chi connectivity index (χ0n) is 13.5. The first-order chi connectivity index (χ1) is 11.3. The van der Waals surface area contributed by atoms with Crippen LogP contribution in [0.2, 0.25) is 0 Å². The molecule has 3 fully saturated rings. The smallest absolute Gasteiger partial charge is 0.251 e. The van der Waals surface area contributed by atoms with Crippen molar-refractivity contribution in [3.63, 3.8) is 0 Å². The van der Waals surface area contributed by atoms with Gasteiger partial charge in [0.1, 0.15) is 0 Å². The molecule has 5 nitrogen and oxygen atoms in total. The van der Waals surface area contributed by atoms with E-state index in [0.717, 1.165) is 38.0 Å². The lowest BCUT2D eigenvalue weighted by molar-refractivity contribution is 0.0905. The molecule has 0 spiro atoms. The number of hydrogen-bond donors (Lipinski definition) is 4. The summed E-state index contributed by atoms with van der Waals surface area (Å²) < 4.78 is 0. The maximum Gasteiger partial charge on any atom is 0.251 e. The summed E-state index contributed by atoms with van der Waals surface area (Å²) in [5.41, 5.74) is 8.66. The zero-order valence-corrected chi connectivity index (χ0v) is 13.5. The van der Waals surface area contributed by atoms with E-state index in [1.54, 1.807) is 0 Å². The minimum Gasteiger partial charge on any atom is -0.349 e. The molecule has 0 radical (unpaired) electrons. The van der Waals surface area contributed by atoms with Gasteiger partial charge in [0.05, 0.1) is 0 Å². The van der Waals surface area contributed by atoms with Crippen LogP contribution in [0.4, 0.5) is 0 Å². The Kier molecular flexibility index (Phi) is 4.33. The predicted molar refractivity (Wildman–Crippen MR) is 90.2 cm³/mol. The van der Waals surface area contributed by atoms with E-state index < -0.39 is 0 Å². The molecule has 4 N–H and O–H groups in total. The fourth-order valence-electron chi connectivity index (χ4n) is 4.44. The molecule has 1 amide bonds. The van der Waals surface area contributed by atoms with Crippen LogP contribution in [-0.4, -0.2) is 37.6 Å². The van der Waals surface area contributed by atoms with Gasteiger partial charge in [-0.1, -0.05) is 18.2 Å². The molecule has 5 heteroatoms. The van der Waals surface area contributed by atoms with E-state index in [1.807, 2.05) is 18.2 Å². The highest BCUT2D eigenvalue weighted by atomic mass is 16.1. The molecule has 4 rings (SSSR count). The summed E-state index contributed by atoms with van der Waals surface area (Å²) in [6.45, 7) is 2.97. The average molecular weight is 314 g/mol. The van der Waals surface area contributed by atoms with Gasteiger partial charge < -0.3 is 10.6 Å². The molecule has 1 saturated carbocycles. The maximum absolute atomic E-state index is 12.9. The number of amides is 1. The topological polar surface area (TPSA) is 65.2 Å². The Morgan fingerprint density at radius 1 is 1.13 bits per heavy atom. The van der Waals surface area contributed by atoms with E-state index in [0.29, 0.717) is 17.9 Å². The molecule has 4 unspecified atom stereocenters. The number of nitrogens with one attached hydrogen (secondary N) is 4. The standard InChI is InChI=1S/C18H26N4O/c23-18(21-16-6-3-7-17-15(16)11-20-22-17)14-5-2-1-4-13(14)12-8-9-19-10-12/h1-2,4-5,12,15-17,19-20,22H,3,6-11H2,(H,21,23). The molecule has 1 aliphatic carbocycles. The highest BCUT2D eigenvalue weighted by Crippen LogP contribution is 2.29. The number of hydrogen-bond acceptors (Lipinski definition) is 4. The number of fused-ring (bicyclic) bond motifs is 1. The second kappa shape index (κ2) is 6.59. The molecule has 1 aromatic carbocycles. The van der Waals surface area contributed by atoms with Crippen LogP contribution in [0, 0.1) is 5.92 Å². The third kappa shape index (κ3) is 3.01. The predicted octanol–water partition coefficient (Wildman–Crippen LogP) is 1.14. The summed E-state index contributed by atoms with van der Waals surface area (Å²) in [4.78, 5) is 12.9. The Hall–Kier alpha value is -1.43. The van der Waals surface area contributed by atoms with Gasteiger partial charge in [0.2, 0.25) is 0 Å². The van der Waals surface area contributed by atoms with E-state index in [1.165, 1.54) is 18.4 Å². The SMILES string of the molecule is O=C(NC1CCCC2NNCC21)c1ccccc1C1CCNC1. The summed E-state index contributed by atoms with van der Waals surface area (Å²) in [7, 11) is 0. The van der Waals surface area contributed by atoms with Gasteiger partial charge in [0, 0.05) is 36.7 Å². The highest BCUT2D eigenvalue weighted by Gasteiger charge is 2.37. The lowest BCUT2D eigenvalue weighted by Crippen LogP contribution is -2.48. The first kappa shape index (κ1) is 15.1. The fourth-order valence-corrected chi connectivity index (χ4v) is 4.44. The van der Waals surface area contributed by atoms with Crippen molar-refractivity contribution in [2.24, 2.45) is 5.92 Å². The van der Waals surface area contributed by atoms with E-state index in [-0.39, 0.29) is 11.9 Å². The Morgan fingerprint density at radius 3 is 2.91 bits per heavy atom. The van der Waals surface area contributed by atoms with E-state index in [4.69, 9.17) is 0 Å². The molecule has 3 aliphatic rings. The Labute approximate surface area is 137 Å². The molecular formula is C18H26N4O. The quantitative estimate of drug-likeness (QED) is 0.675. The third-order valence-corrected chi connectivity index (χ3v) is 5.71. The second-order valence-electron chi connectivity index (χ2n) is 7.08. The monoisotopic (exact) mass is 314 g/mol. The normalized spacial score (nSPS) is 33.4. The van der Waals surface area contributed by atoms with Crippen molar-refractivity contribution in [3.05, 3.63) is 35.4 Å². The van der Waals surface area contributed by atoms with Crippen molar-refractivity contribution < 1.29 is 4.79 Å². The summed E-state index contributed by atoms with van der Waals surface area (Å²) >= 11 is 0. The van der Waals surface area contributed by atoms with Crippen LogP contribution in [0.3, 0.4) is 0 Å². The van der Waals surface area contributed by atoms with E-state index >= 15 is 0 Å². The first-order valence-electron chi connectivity index (χ1n) is 8.92. The van der Waals surface area contributed by atoms with Crippen molar-refractivity contribution in [3.8, 4) is 0 Å². The number of carbonyl (C=O) groups is 1. The van der Waals surface area contributed by atoms with Crippen LogP contribution in [0.15, 0.2) is 24.3 Å². The molecule has 2 heterocycles. The largest absolute Gasteiger partial charge is 0.349 e. The molecule has 2 saturated heterocycles. The fraction of sp³-hybridized carbons (Fsp3) is 0.611. The average Bonchev–Trinajstić information content (AvgIpc) is 3.27. The van der Waals surface area contributed by atoms with Crippen LogP contribution in [0.1, 0.15) is 47.5 Å². The lowest BCUT2D eigenvalue weighted by atomic mass is 9.81. The van der Waals surface area contributed by atoms with Gasteiger partial charge >= 0.3 is 0 Å². The second-order valence-corrected chi connectivity index (χ2v) is 7.08. The molecule has 124 valence electrons. The molecule has 4 atom stereocenters. The maximum atomic E-state index is 12.9. The van der Waals surface area contributed by atoms with Crippen molar-refractivity contribution in [2.45, 2.75) is 43.7 Å². The number of benzene rings is 1. The van der Waals surface area contributed by atoms with Crippen LogP contribution in [0.5, 0.6) is 0 Å². The molecule has 0 aromatic heterocycles. The van der Waals surface area contributed by atoms with E-state index in [9.17, 15) is 4.79 Å². The van der Waals surface area contributed by atoms with Gasteiger partial charge in [-0.2, -0.15) is 0 Å². The Bertz CT molecular complexity index is 570. The first-order valence-corrected chi connectivity index (χ1v) is 8.92. The summed E-state index contributed by atoms with van der Waals surface area (Å²) in [6.07, 6.45) is 4.58. The lowest BCUT2D eigenvalue weighted by Gasteiger charge is -2.33. The van der Waals surface area contributed by atoms with Crippen molar-refractivity contribution >= 4 is 5.91 Å². The van der Waals surface area contributed by atoms with Crippen LogP contribution >= 0.6 is 0 Å². The van der Waals surface area contributed by atoms with Gasteiger partial charge in [0.25, 0.3) is 5.91 Å². The third-order valence-electron chi connectivity index (χ3n) is 5.71. The van der Waals surface area contributed by atoms with Crippen molar-refractivity contribution in [2.75, 3.05) is 19.6 Å². The van der Waals surface area contributed by atoms with Crippen molar-refractivity contribution in [1.29, 1.82) is 0 Å². The Morgan fingerprint density at radius 2 is 2.04 bits per heavy atom. The molecule has 1 aromatic rings. The van der Waals surface area contributed by atoms with Crippen molar-refractivity contribution in [1.82, 2.24) is 21.5 Å². The number of rotatable bonds is 3. The molecular weight excluding hydrogens is 288 g/mol. The van der Waals surface area contributed by atoms with Crippen LogP contribution < -0.4 is 21.5 Å². The van der Waals surface area contributed by atoms with Gasteiger partial charge in [0.15, 0.2) is 0 Å². The van der Waals surface area contributed by atoms with Crippen LogP contribution in [0.25, 0.3) is 0 Å². The summed E-state index contributed by atoms with van der Waals surface area (Å²) in [5.74, 6) is 1.07. The number of carbonyl (C=O) groups excluding carboxylic acids is 1. The van der Waals surface area contributed by atoms with Gasteiger partial charge in [-0.25, -0.2) is 0 Å². The van der Waals surface area contributed by atoms with Crippen LogP contribution in [-0.2, 0) is 0 Å². The summed E-state index contributed by atoms with van der Waals surface area (Å²) in [6, 6.07) is 8.90. The molecule has 0 bridgehead atoms. The molecule has 2 aliphatic heterocycles. The zero-order chi connectivity index (χ0) is 15.6. The minimum absolute atomic E-state index is 0.102. The number of hydrazine groups is 1. The Balaban J connectivity index is 1.50. The van der Waals surface area contributed by atoms with Gasteiger partial charge in [-0.3, -0.25) is 15.6 Å². The van der Waals surface area contributed by atoms with Gasteiger partial charge in [-0.15, -0.1) is 0 Å². The highest BCUT2D eigenvalue weighted by molar-refractivity contribution is 5.96. The molecule has 23 heavy (non-hydrogen) atoms. The summed E-state index contributed by atoms with van der Waals surface area (Å²) in [5, 5.41) is 6.73. The van der Waals surface area contributed by atoms with Gasteiger partial charge in [-0.05, 0) is 49.8 Å². The van der Waals surface area contributed by atoms with E-state index in [2.05, 4.69) is 27.6 Å². The minimum atomic E-state index is 0.102.